The molecule has 0 aliphatic carbocycles. The summed E-state index contributed by atoms with van der Waals surface area (Å²) in [7, 11) is 1.82. The molecular formula is C23H27ClN4O3. The smallest absolute Gasteiger partial charge is 0.236 e. The number of piperazine rings is 1. The highest BCUT2D eigenvalue weighted by molar-refractivity contribution is 6.30. The summed E-state index contributed by atoms with van der Waals surface area (Å²) in [5.74, 6) is 2.45. The molecule has 1 fully saturated rings. The van der Waals surface area contributed by atoms with Gasteiger partial charge in [-0.15, -0.1) is 0 Å². The Bertz CT molecular complexity index is 1010. The van der Waals surface area contributed by atoms with Crippen LogP contribution in [0.1, 0.15) is 17.2 Å². The van der Waals surface area contributed by atoms with E-state index in [1.165, 1.54) is 0 Å². The maximum absolute atomic E-state index is 12.7. The Morgan fingerprint density at radius 3 is 2.48 bits per heavy atom. The number of aryl methyl sites for hydroxylation is 1. The van der Waals surface area contributed by atoms with Gasteiger partial charge < -0.3 is 13.8 Å². The monoisotopic (exact) mass is 442 g/mol. The highest BCUT2D eigenvalue weighted by atomic mass is 35.5. The van der Waals surface area contributed by atoms with Crippen LogP contribution in [0.4, 0.5) is 0 Å². The fraction of sp³-hybridized carbons (Fsp3) is 0.391. The number of likely N-dealkylation sites (N-methyl/N-ethyl adjacent to an activating group) is 1. The molecule has 0 unspecified atom stereocenters. The Morgan fingerprint density at radius 2 is 1.81 bits per heavy atom. The minimum atomic E-state index is 0.0880. The van der Waals surface area contributed by atoms with Crippen molar-refractivity contribution in [2.45, 2.75) is 20.0 Å². The zero-order chi connectivity index (χ0) is 21.8. The molecule has 31 heavy (non-hydrogen) atoms. The number of rotatable bonds is 7. The van der Waals surface area contributed by atoms with Crippen LogP contribution in [-0.2, 0) is 17.9 Å². The molecule has 164 valence electrons. The van der Waals surface area contributed by atoms with E-state index in [9.17, 15) is 4.79 Å². The van der Waals surface area contributed by atoms with E-state index in [4.69, 9.17) is 20.5 Å². The van der Waals surface area contributed by atoms with Gasteiger partial charge in [-0.05, 0) is 43.3 Å². The number of carbonyl (C=O) groups is 1. The van der Waals surface area contributed by atoms with Crippen molar-refractivity contribution in [3.05, 3.63) is 64.7 Å². The lowest BCUT2D eigenvalue weighted by molar-refractivity contribution is -0.132. The second-order valence-corrected chi connectivity index (χ2v) is 8.44. The zero-order valence-electron chi connectivity index (χ0n) is 17.9. The van der Waals surface area contributed by atoms with Crippen LogP contribution < -0.4 is 0 Å². The zero-order valence-corrected chi connectivity index (χ0v) is 18.6. The van der Waals surface area contributed by atoms with Gasteiger partial charge in [0.25, 0.3) is 0 Å². The van der Waals surface area contributed by atoms with Gasteiger partial charge in [0.2, 0.25) is 5.91 Å². The molecule has 0 N–H and O–H groups in total. The molecule has 1 amide bonds. The number of nitrogens with zero attached hydrogens (tertiary/aromatic N) is 4. The molecule has 0 atom stereocenters. The second-order valence-electron chi connectivity index (χ2n) is 8.00. The molecule has 3 heterocycles. The summed E-state index contributed by atoms with van der Waals surface area (Å²) in [5.41, 5.74) is 1.92. The number of amides is 1. The number of furan rings is 1. The molecule has 1 aliphatic heterocycles. The van der Waals surface area contributed by atoms with E-state index in [2.05, 4.69) is 15.0 Å². The summed E-state index contributed by atoms with van der Waals surface area (Å²) < 4.78 is 11.1. The first-order valence-electron chi connectivity index (χ1n) is 10.4. The van der Waals surface area contributed by atoms with Crippen molar-refractivity contribution in [3.63, 3.8) is 0 Å². The number of benzene rings is 1. The van der Waals surface area contributed by atoms with E-state index in [0.717, 1.165) is 61.3 Å². The minimum absolute atomic E-state index is 0.0880. The van der Waals surface area contributed by atoms with Gasteiger partial charge in [-0.3, -0.25) is 14.6 Å². The number of carbonyl (C=O) groups excluding carboxylic acids is 1. The first-order valence-corrected chi connectivity index (χ1v) is 10.8. The molecule has 0 bridgehead atoms. The van der Waals surface area contributed by atoms with Gasteiger partial charge in [-0.2, -0.15) is 0 Å². The molecule has 3 aromatic rings. The summed E-state index contributed by atoms with van der Waals surface area (Å²) in [5, 5.41) is 4.75. The van der Waals surface area contributed by atoms with Gasteiger partial charge >= 0.3 is 0 Å². The van der Waals surface area contributed by atoms with E-state index in [1.807, 2.05) is 56.4 Å². The average Bonchev–Trinajstić information content (AvgIpc) is 3.39. The normalized spacial score (nSPS) is 15.3. The predicted octanol–water partition coefficient (Wildman–Crippen LogP) is 3.67. The second kappa shape index (κ2) is 9.68. The van der Waals surface area contributed by atoms with Crippen LogP contribution in [0.25, 0.3) is 11.3 Å². The van der Waals surface area contributed by atoms with Gasteiger partial charge in [0, 0.05) is 56.4 Å². The fourth-order valence-corrected chi connectivity index (χ4v) is 3.82. The summed E-state index contributed by atoms with van der Waals surface area (Å²) in [4.78, 5) is 18.9. The highest BCUT2D eigenvalue weighted by Crippen LogP contribution is 2.24. The predicted molar refractivity (Wildman–Crippen MR) is 119 cm³/mol. The average molecular weight is 443 g/mol. The van der Waals surface area contributed by atoms with E-state index < -0.39 is 0 Å². The van der Waals surface area contributed by atoms with Crippen LogP contribution >= 0.6 is 11.6 Å². The van der Waals surface area contributed by atoms with Crippen LogP contribution in [-0.4, -0.2) is 65.5 Å². The third kappa shape index (κ3) is 5.76. The van der Waals surface area contributed by atoms with Gasteiger partial charge in [0.15, 0.2) is 0 Å². The Morgan fingerprint density at radius 1 is 1.10 bits per heavy atom. The Labute approximate surface area is 187 Å². The van der Waals surface area contributed by atoms with E-state index in [0.29, 0.717) is 18.1 Å². The summed E-state index contributed by atoms with van der Waals surface area (Å²) >= 11 is 5.95. The van der Waals surface area contributed by atoms with Gasteiger partial charge in [0.1, 0.15) is 17.3 Å². The van der Waals surface area contributed by atoms with Gasteiger partial charge in [0.05, 0.1) is 18.8 Å². The molecule has 0 saturated carbocycles. The van der Waals surface area contributed by atoms with Gasteiger partial charge in [-0.25, -0.2) is 0 Å². The van der Waals surface area contributed by atoms with Gasteiger partial charge in [-0.1, -0.05) is 16.8 Å². The van der Waals surface area contributed by atoms with Crippen LogP contribution in [0.2, 0.25) is 5.02 Å². The highest BCUT2D eigenvalue weighted by Gasteiger charge is 2.21. The van der Waals surface area contributed by atoms with Crippen LogP contribution in [0, 0.1) is 6.92 Å². The van der Waals surface area contributed by atoms with E-state index in [-0.39, 0.29) is 5.91 Å². The summed E-state index contributed by atoms with van der Waals surface area (Å²) in [6.45, 7) is 7.08. The Kier molecular flexibility index (Phi) is 6.75. The largest absolute Gasteiger partial charge is 0.459 e. The molecule has 7 nitrogen and oxygen atoms in total. The van der Waals surface area contributed by atoms with E-state index >= 15 is 0 Å². The van der Waals surface area contributed by atoms with Crippen molar-refractivity contribution < 1.29 is 13.7 Å². The number of hydrogen-bond donors (Lipinski definition) is 0. The number of hydrogen-bond acceptors (Lipinski definition) is 6. The number of aromatic nitrogens is 1. The van der Waals surface area contributed by atoms with Crippen molar-refractivity contribution in [2.24, 2.45) is 0 Å². The van der Waals surface area contributed by atoms with Crippen molar-refractivity contribution in [2.75, 3.05) is 39.8 Å². The van der Waals surface area contributed by atoms with Crippen molar-refractivity contribution in [1.29, 1.82) is 0 Å². The molecule has 8 heteroatoms. The lowest BCUT2D eigenvalue weighted by Crippen LogP contribution is -2.49. The minimum Gasteiger partial charge on any atom is -0.459 e. The van der Waals surface area contributed by atoms with Crippen molar-refractivity contribution in [1.82, 2.24) is 19.9 Å². The topological polar surface area (TPSA) is 66.0 Å². The maximum atomic E-state index is 12.7. The standard InChI is InChI=1S/C23H27ClN4O3/c1-17-13-20(25-31-17)14-27-9-11-28(12-10-27)16-23(29)26(2)15-21-7-8-22(30-21)18-3-5-19(24)6-4-18/h3-8,13H,9-12,14-16H2,1-2H3. The first kappa shape index (κ1) is 21.6. The van der Waals surface area contributed by atoms with Crippen LogP contribution in [0.5, 0.6) is 0 Å². The Hall–Kier alpha value is -2.61. The van der Waals surface area contributed by atoms with Crippen molar-refractivity contribution in [3.8, 4) is 11.3 Å². The van der Waals surface area contributed by atoms with Crippen LogP contribution in [0.3, 0.4) is 0 Å². The summed E-state index contributed by atoms with van der Waals surface area (Å²) in [6.07, 6.45) is 0. The SMILES string of the molecule is Cc1cc(CN2CCN(CC(=O)N(C)Cc3ccc(-c4ccc(Cl)cc4)o3)CC2)no1. The fourth-order valence-electron chi connectivity index (χ4n) is 3.69. The van der Waals surface area contributed by atoms with Crippen molar-refractivity contribution >= 4 is 17.5 Å². The molecule has 0 spiro atoms. The molecule has 1 aromatic carbocycles. The summed E-state index contributed by atoms with van der Waals surface area (Å²) in [6, 6.07) is 13.3. The third-order valence-corrected chi connectivity index (χ3v) is 5.75. The molecular weight excluding hydrogens is 416 g/mol. The lowest BCUT2D eigenvalue weighted by Gasteiger charge is -2.34. The molecule has 4 rings (SSSR count). The first-order chi connectivity index (χ1) is 15.0. The maximum Gasteiger partial charge on any atom is 0.236 e. The van der Waals surface area contributed by atoms with Crippen LogP contribution in [0.15, 0.2) is 51.4 Å². The van der Waals surface area contributed by atoms with E-state index in [1.54, 1.807) is 4.90 Å². The Balaban J connectivity index is 1.23. The molecule has 1 saturated heterocycles. The molecule has 2 aromatic heterocycles. The third-order valence-electron chi connectivity index (χ3n) is 5.50. The molecule has 1 aliphatic rings. The number of halogens is 1. The lowest BCUT2D eigenvalue weighted by atomic mass is 10.2. The molecule has 0 radical (unpaired) electrons. The quantitative estimate of drug-likeness (QED) is 0.556.